The Morgan fingerprint density at radius 1 is 1.31 bits per heavy atom. The summed E-state index contributed by atoms with van der Waals surface area (Å²) in [5, 5.41) is 14.6. The van der Waals surface area contributed by atoms with Crippen LogP contribution in [0.25, 0.3) is 10.4 Å². The molecule has 192 valence electrons. The zero-order valence-electron chi connectivity index (χ0n) is 19.9. The molecule has 1 aromatic carbocycles. The molecule has 1 aliphatic rings. The molecule has 3 unspecified atom stereocenters. The van der Waals surface area contributed by atoms with Crippen LogP contribution in [-0.4, -0.2) is 57.6 Å². The van der Waals surface area contributed by atoms with Crippen LogP contribution in [0.3, 0.4) is 0 Å². The fourth-order valence-electron chi connectivity index (χ4n) is 4.00. The third-order valence-corrected chi connectivity index (χ3v) is 9.00. The van der Waals surface area contributed by atoms with Gasteiger partial charge < -0.3 is 0 Å². The van der Waals surface area contributed by atoms with Gasteiger partial charge in [0.25, 0.3) is 0 Å². The first kappa shape index (κ1) is 28.1. The van der Waals surface area contributed by atoms with E-state index in [0.717, 1.165) is 21.7 Å². The Balaban J connectivity index is 1.71. The van der Waals surface area contributed by atoms with Gasteiger partial charge in [0.15, 0.2) is 0 Å². The molecule has 3 amide bonds. The number of halogens is 2. The number of carboxylic acid groups (broad SMARTS) is 1. The Bertz CT molecular complexity index is 1060. The van der Waals surface area contributed by atoms with E-state index in [9.17, 15) is 19.5 Å². The van der Waals surface area contributed by atoms with E-state index in [0.29, 0.717) is 13.0 Å². The van der Waals surface area contributed by atoms with E-state index in [1.807, 2.05) is 36.7 Å². The zero-order chi connectivity index (χ0) is 25.8. The molecule has 2 heterocycles. The summed E-state index contributed by atoms with van der Waals surface area (Å²) in [6, 6.07) is 6.24. The molecule has 0 spiro atoms. The van der Waals surface area contributed by atoms with Crippen molar-refractivity contribution < 1.29 is 40.2 Å². The molecule has 12 heteroatoms. The van der Waals surface area contributed by atoms with Gasteiger partial charge in [-0.25, -0.2) is 4.98 Å². The average molecular weight is 727 g/mol. The van der Waals surface area contributed by atoms with Crippen molar-refractivity contribution in [1.82, 2.24) is 20.5 Å². The maximum absolute atomic E-state index is 13.4. The van der Waals surface area contributed by atoms with Gasteiger partial charge in [-0.3, -0.25) is 0 Å². The van der Waals surface area contributed by atoms with Gasteiger partial charge in [0.1, 0.15) is 0 Å². The number of nitrogens with zero attached hydrogens (tertiary/aromatic N) is 2. The summed E-state index contributed by atoms with van der Waals surface area (Å²) in [5.41, 5.74) is 4.16. The van der Waals surface area contributed by atoms with Crippen molar-refractivity contribution in [2.45, 2.75) is 58.8 Å². The van der Waals surface area contributed by atoms with E-state index in [-0.39, 0.29) is 18.6 Å². The van der Waals surface area contributed by atoms with Crippen LogP contribution in [0.4, 0.5) is 4.79 Å². The number of amides is 3. The maximum atomic E-state index is 13.4. The summed E-state index contributed by atoms with van der Waals surface area (Å²) in [4.78, 5) is 44.8. The molecule has 2 aromatic rings. The second kappa shape index (κ2) is 12.1. The second-order valence-electron chi connectivity index (χ2n) is 9.44. The number of carbonyl (C=O) groups excluding carboxylic acids is 2. The number of nitrogens with one attached hydrogen (secondary N) is 2. The van der Waals surface area contributed by atoms with Crippen molar-refractivity contribution in [3.8, 4) is 10.4 Å². The number of likely N-dealkylation sites (tertiary alicyclic amines) is 1. The number of aromatic nitrogens is 1. The summed E-state index contributed by atoms with van der Waals surface area (Å²) < 4.78 is 5.81. The predicted molar refractivity (Wildman–Crippen MR) is 138 cm³/mol. The number of hydrogen-bond acceptors (Lipinski definition) is 6. The molecule has 3 rings (SSSR count). The van der Waals surface area contributed by atoms with Gasteiger partial charge in [0, 0.05) is 0 Å². The van der Waals surface area contributed by atoms with Crippen molar-refractivity contribution in [3.63, 3.8) is 0 Å². The third kappa shape index (κ3) is 7.26. The number of rotatable bonds is 8. The van der Waals surface area contributed by atoms with Crippen LogP contribution in [0.2, 0.25) is 0 Å². The molecule has 1 aromatic heterocycles. The van der Waals surface area contributed by atoms with Gasteiger partial charge in [-0.1, -0.05) is 0 Å². The normalized spacial score (nSPS) is 18.9. The van der Waals surface area contributed by atoms with Gasteiger partial charge in [0.2, 0.25) is 0 Å². The monoisotopic (exact) mass is 727 g/mol. The van der Waals surface area contributed by atoms with Gasteiger partial charge in [-0.05, 0) is 6.92 Å². The van der Waals surface area contributed by atoms with E-state index in [4.69, 9.17) is 3.07 Å². The predicted octanol–water partition coefficient (Wildman–Crippen LogP) is 0.757. The van der Waals surface area contributed by atoms with E-state index in [1.165, 1.54) is 4.90 Å². The summed E-state index contributed by atoms with van der Waals surface area (Å²) in [5.74, 6) is -0.691. The van der Waals surface area contributed by atoms with Crippen molar-refractivity contribution in [2.24, 2.45) is 5.41 Å². The Morgan fingerprint density at radius 2 is 2.00 bits per heavy atom. The van der Waals surface area contributed by atoms with Crippen molar-refractivity contribution >= 4 is 47.9 Å². The van der Waals surface area contributed by atoms with Crippen LogP contribution < -0.4 is 28.3 Å². The first-order valence-corrected chi connectivity index (χ1v) is 19.0. The van der Waals surface area contributed by atoms with Crippen LogP contribution in [0.1, 0.15) is 38.4 Å². The number of carbonyl (C=O) groups is 3. The van der Waals surface area contributed by atoms with E-state index in [2.05, 4.69) is 34.2 Å². The Morgan fingerprint density at radius 3 is 2.54 bits per heavy atom. The van der Waals surface area contributed by atoms with Gasteiger partial charge in [-0.2, -0.15) is 0 Å². The molecule has 9 nitrogen and oxygen atoms in total. The van der Waals surface area contributed by atoms with E-state index >= 15 is 0 Å². The van der Waals surface area contributed by atoms with Crippen molar-refractivity contribution in [3.05, 3.63) is 41.0 Å². The fourth-order valence-corrected chi connectivity index (χ4v) is 7.27. The van der Waals surface area contributed by atoms with Crippen molar-refractivity contribution in [1.29, 1.82) is 0 Å². The van der Waals surface area contributed by atoms with Crippen molar-refractivity contribution in [2.75, 3.05) is 6.54 Å². The van der Waals surface area contributed by atoms with Crippen LogP contribution in [0.15, 0.2) is 29.8 Å². The Hall–Kier alpha value is -1.52. The first-order chi connectivity index (χ1) is 16.5. The zero-order valence-corrected chi connectivity index (χ0v) is 25.0. The molecule has 35 heavy (non-hydrogen) atoms. The topological polar surface area (TPSA) is 121 Å². The summed E-state index contributed by atoms with van der Waals surface area (Å²) >= 11 is 3.26. The Kier molecular flexibility index (Phi) is 9.74. The summed E-state index contributed by atoms with van der Waals surface area (Å²) in [6.07, 6.45) is -1.14. The van der Waals surface area contributed by atoms with Crippen LogP contribution in [0, 0.1) is 12.3 Å². The van der Waals surface area contributed by atoms with Gasteiger partial charge in [0.05, 0.1) is 11.2 Å². The number of benzene rings is 1. The minimum atomic E-state index is -1.28. The van der Waals surface area contributed by atoms with Crippen LogP contribution in [0.5, 0.6) is 0 Å². The average Bonchev–Trinajstić information content (AvgIpc) is 3.41. The second-order valence-corrected chi connectivity index (χ2v) is 13.4. The number of aryl methyl sites for hydroxylation is 1. The molecular formula is C23H29I2N4O5S-. The Labute approximate surface area is 229 Å². The molecule has 0 bridgehead atoms. The quantitative estimate of drug-likeness (QED) is 0.346. The van der Waals surface area contributed by atoms with E-state index in [1.54, 1.807) is 32.1 Å². The summed E-state index contributed by atoms with van der Waals surface area (Å²) in [7, 11) is 0. The molecule has 1 fully saturated rings. The molecule has 0 aliphatic carbocycles. The molecular weight excluding hydrogens is 698 g/mol. The molecule has 3 atom stereocenters. The molecule has 3 N–H and O–H groups in total. The molecule has 0 saturated carbocycles. The summed E-state index contributed by atoms with van der Waals surface area (Å²) in [6.45, 7) is 7.92. The van der Waals surface area contributed by atoms with E-state index < -0.39 is 47.1 Å². The minimum absolute atomic E-state index is 0.244. The van der Waals surface area contributed by atoms with Crippen LogP contribution in [-0.2, 0) is 19.2 Å². The standard InChI is InChI=1S/C23H29I2N4O5S/c1-13-18(35-12-27-13)15-7-5-14(6-8-15)10-26-20(30)17-9-16(34-25-24)11-29(17)21(31)19(23(2,3)4)28-22(32)33/h5-8,12,16-17,19,28H,9-11H2,1-4H3,(H,26,30)(H,32,33)/q-1. The van der Waals surface area contributed by atoms with Crippen LogP contribution >= 0.6 is 30.0 Å². The number of hydrogen-bond donors (Lipinski definition) is 3. The number of thiazole rings is 1. The first-order valence-electron chi connectivity index (χ1n) is 11.0. The van der Waals surface area contributed by atoms with Gasteiger partial charge >= 0.3 is 196 Å². The molecule has 0 radical (unpaired) electrons. The van der Waals surface area contributed by atoms with Gasteiger partial charge in [-0.15, -0.1) is 11.3 Å². The fraction of sp³-hybridized carbons (Fsp3) is 0.478. The SMILES string of the molecule is Cc1ncsc1-c1ccc(CNC(=O)C2CC(O[I-]I)CN2C(=O)C(NC(=O)O)C(C)(C)C)cc1. The molecule has 1 saturated heterocycles. The third-order valence-electron chi connectivity index (χ3n) is 5.82. The molecule has 1 aliphatic heterocycles.